The highest BCUT2D eigenvalue weighted by Crippen LogP contribution is 2.35. The van der Waals surface area contributed by atoms with Gasteiger partial charge < -0.3 is 9.80 Å². The molecule has 0 saturated carbocycles. The Kier molecular flexibility index (Phi) is 12.9. The van der Waals surface area contributed by atoms with E-state index in [2.05, 4.69) is 262 Å². The fourth-order valence-corrected chi connectivity index (χ4v) is 7.28. The second-order valence-corrected chi connectivity index (χ2v) is 14.7. The smallest absolute Gasteiger partial charge is 0.169 e. The van der Waals surface area contributed by atoms with Crippen LogP contribution in [0.5, 0.6) is 0 Å². The lowest BCUT2D eigenvalue weighted by molar-refractivity contribution is -0.701. The van der Waals surface area contributed by atoms with E-state index in [0.717, 1.165) is 60.1 Å². The number of unbranched alkanes of at least 4 members (excludes halogenated alkanes) is 2. The van der Waals surface area contributed by atoms with Crippen molar-refractivity contribution in [3.63, 3.8) is 0 Å². The van der Waals surface area contributed by atoms with Crippen molar-refractivity contribution in [3.05, 3.63) is 241 Å². The molecule has 0 spiro atoms. The number of benzene rings is 6. The third-order valence-electron chi connectivity index (χ3n) is 10.5. The van der Waals surface area contributed by atoms with Gasteiger partial charge in [-0.15, -0.1) is 0 Å². The van der Waals surface area contributed by atoms with Crippen molar-refractivity contribution < 1.29 is 9.13 Å². The summed E-state index contributed by atoms with van der Waals surface area (Å²) in [6.07, 6.45) is 21.0. The van der Waals surface area contributed by atoms with E-state index in [4.69, 9.17) is 0 Å². The zero-order valence-electron chi connectivity index (χ0n) is 33.4. The van der Waals surface area contributed by atoms with Crippen molar-refractivity contribution in [1.82, 2.24) is 0 Å². The Balaban J connectivity index is 0.775. The molecule has 2 heterocycles. The van der Waals surface area contributed by atoms with Gasteiger partial charge in [-0.25, -0.2) is 9.13 Å². The summed E-state index contributed by atoms with van der Waals surface area (Å²) in [6.45, 7) is 2.05. The highest BCUT2D eigenvalue weighted by molar-refractivity contribution is 5.79. The van der Waals surface area contributed by atoms with E-state index < -0.39 is 0 Å². The number of aryl methyl sites for hydroxylation is 2. The Morgan fingerprint density at radius 3 is 0.814 bits per heavy atom. The topological polar surface area (TPSA) is 14.2 Å². The van der Waals surface area contributed by atoms with Crippen molar-refractivity contribution in [1.29, 1.82) is 0 Å². The van der Waals surface area contributed by atoms with E-state index in [0.29, 0.717) is 0 Å². The minimum atomic E-state index is 1.02. The molecule has 0 unspecified atom stereocenters. The number of para-hydroxylation sites is 4. The van der Waals surface area contributed by atoms with Gasteiger partial charge in [-0.3, -0.25) is 0 Å². The summed E-state index contributed by atoms with van der Waals surface area (Å²) in [5.74, 6) is 0. The summed E-state index contributed by atoms with van der Waals surface area (Å²) >= 11 is 0. The van der Waals surface area contributed by atoms with E-state index in [-0.39, 0.29) is 0 Å². The zero-order valence-corrected chi connectivity index (χ0v) is 33.4. The number of nitrogens with zero attached hydrogens (tertiary/aromatic N) is 4. The van der Waals surface area contributed by atoms with Crippen molar-refractivity contribution in [3.8, 4) is 0 Å². The molecule has 0 aliphatic heterocycles. The number of pyridine rings is 2. The van der Waals surface area contributed by atoms with Crippen molar-refractivity contribution >= 4 is 58.4 Å². The van der Waals surface area contributed by atoms with Gasteiger partial charge in [-0.1, -0.05) is 121 Å². The van der Waals surface area contributed by atoms with E-state index in [9.17, 15) is 0 Å². The predicted molar refractivity (Wildman–Crippen MR) is 247 cm³/mol. The normalized spacial score (nSPS) is 11.3. The second kappa shape index (κ2) is 19.7. The molecular formula is C55H50N4+2. The lowest BCUT2D eigenvalue weighted by atomic mass is 10.1. The molecular weight excluding hydrogens is 717 g/mol. The average Bonchev–Trinajstić information content (AvgIpc) is 3.31. The Morgan fingerprint density at radius 1 is 0.271 bits per heavy atom. The number of hydrogen-bond donors (Lipinski definition) is 0. The number of anilines is 6. The largest absolute Gasteiger partial charge is 0.311 e. The summed E-state index contributed by atoms with van der Waals surface area (Å²) in [7, 11) is 0. The molecule has 8 rings (SSSR count). The van der Waals surface area contributed by atoms with Gasteiger partial charge in [-0.05, 0) is 101 Å². The first-order valence-electron chi connectivity index (χ1n) is 20.6. The van der Waals surface area contributed by atoms with Crippen LogP contribution >= 0.6 is 0 Å². The highest BCUT2D eigenvalue weighted by atomic mass is 15.1. The first-order chi connectivity index (χ1) is 29.2. The molecule has 0 aliphatic carbocycles. The van der Waals surface area contributed by atoms with Crippen molar-refractivity contribution in [2.24, 2.45) is 0 Å². The Morgan fingerprint density at radius 2 is 0.525 bits per heavy atom. The summed E-state index contributed by atoms with van der Waals surface area (Å²) in [6, 6.07) is 68.4. The SMILES string of the molecule is C(=C\c1cc[n+](CCCCC[n+]2ccc(/C=C/c3ccc(N(c4ccccc4)c4ccccc4)cc3)cc2)cc1)/c1ccc(N(c2ccccc2)c2ccccc2)cc1. The first-order valence-corrected chi connectivity index (χ1v) is 20.6. The molecule has 0 bridgehead atoms. The summed E-state index contributed by atoms with van der Waals surface area (Å²) in [5, 5.41) is 0. The Labute approximate surface area is 349 Å². The van der Waals surface area contributed by atoms with Crippen molar-refractivity contribution in [2.45, 2.75) is 32.4 Å². The summed E-state index contributed by atoms with van der Waals surface area (Å²) in [4.78, 5) is 4.57. The second-order valence-electron chi connectivity index (χ2n) is 14.7. The molecule has 2 aromatic heterocycles. The lowest BCUT2D eigenvalue weighted by Gasteiger charge is -2.25. The van der Waals surface area contributed by atoms with E-state index in [1.165, 1.54) is 28.7 Å². The molecule has 6 aromatic carbocycles. The van der Waals surface area contributed by atoms with Crippen LogP contribution in [0.25, 0.3) is 24.3 Å². The Hall–Kier alpha value is -7.30. The van der Waals surface area contributed by atoms with Gasteiger partial charge in [0.15, 0.2) is 24.8 Å². The minimum absolute atomic E-state index is 1.02. The maximum Gasteiger partial charge on any atom is 0.169 e. The molecule has 59 heavy (non-hydrogen) atoms. The van der Waals surface area contributed by atoms with Gasteiger partial charge >= 0.3 is 0 Å². The van der Waals surface area contributed by atoms with Crippen LogP contribution in [0.15, 0.2) is 219 Å². The maximum absolute atomic E-state index is 2.29. The molecule has 0 aliphatic rings. The summed E-state index contributed by atoms with van der Waals surface area (Å²) in [5.41, 5.74) is 11.6. The molecule has 0 N–H and O–H groups in total. The van der Waals surface area contributed by atoms with Crippen LogP contribution in [0.1, 0.15) is 41.5 Å². The number of aromatic nitrogens is 2. The van der Waals surface area contributed by atoms with Gasteiger partial charge in [0.25, 0.3) is 0 Å². The van der Waals surface area contributed by atoms with Crippen LogP contribution in [0.2, 0.25) is 0 Å². The van der Waals surface area contributed by atoms with Gasteiger partial charge in [0.1, 0.15) is 13.1 Å². The zero-order chi connectivity index (χ0) is 39.9. The van der Waals surface area contributed by atoms with Gasteiger partial charge in [0.2, 0.25) is 0 Å². The molecule has 0 fully saturated rings. The number of hydrogen-bond acceptors (Lipinski definition) is 2. The standard InChI is InChI=1S/C55H50N4/c1-6-16-50(17-7-1)58(51-18-8-2-9-19-51)54-32-28-46(29-33-54)24-26-48-36-42-56(43-37-48)40-14-5-15-41-57-44-38-49(39-45-57)27-25-47-30-34-55(35-31-47)59(52-20-10-3-11-21-52)53-22-12-4-13-23-53/h1-4,6-13,16-39,42-45H,5,14-15,40-41H2/q+2. The monoisotopic (exact) mass is 766 g/mol. The molecule has 4 heteroatoms. The van der Waals surface area contributed by atoms with Crippen LogP contribution in [-0.4, -0.2) is 0 Å². The third kappa shape index (κ3) is 10.6. The van der Waals surface area contributed by atoms with Crippen LogP contribution in [0.4, 0.5) is 34.1 Å². The van der Waals surface area contributed by atoms with Crippen LogP contribution in [0.3, 0.4) is 0 Å². The fraction of sp³-hybridized carbons (Fsp3) is 0.0909. The van der Waals surface area contributed by atoms with Crippen LogP contribution < -0.4 is 18.9 Å². The van der Waals surface area contributed by atoms with Crippen LogP contribution in [-0.2, 0) is 13.1 Å². The van der Waals surface area contributed by atoms with Gasteiger partial charge in [0, 0.05) is 71.2 Å². The first kappa shape index (κ1) is 38.6. The predicted octanol–water partition coefficient (Wildman–Crippen LogP) is 13.4. The van der Waals surface area contributed by atoms with Gasteiger partial charge in [0.05, 0.1) is 0 Å². The quantitative estimate of drug-likeness (QED) is 0.0718. The van der Waals surface area contributed by atoms with E-state index in [1.54, 1.807) is 0 Å². The van der Waals surface area contributed by atoms with E-state index in [1.807, 2.05) is 0 Å². The lowest BCUT2D eigenvalue weighted by Crippen LogP contribution is -2.34. The molecule has 0 amide bonds. The van der Waals surface area contributed by atoms with Crippen LogP contribution in [0, 0.1) is 0 Å². The molecule has 0 saturated heterocycles. The molecule has 0 radical (unpaired) electrons. The fourth-order valence-electron chi connectivity index (χ4n) is 7.28. The van der Waals surface area contributed by atoms with Gasteiger partial charge in [-0.2, -0.15) is 0 Å². The average molecular weight is 767 g/mol. The third-order valence-corrected chi connectivity index (χ3v) is 10.5. The molecule has 4 nitrogen and oxygen atoms in total. The minimum Gasteiger partial charge on any atom is -0.311 e. The highest BCUT2D eigenvalue weighted by Gasteiger charge is 2.13. The molecule has 8 aromatic rings. The Bertz CT molecular complexity index is 2250. The molecule has 0 atom stereocenters. The summed E-state index contributed by atoms with van der Waals surface area (Å²) < 4.78 is 4.58. The maximum atomic E-state index is 2.29. The number of rotatable bonds is 16. The van der Waals surface area contributed by atoms with E-state index >= 15 is 0 Å². The molecule has 288 valence electrons. The van der Waals surface area contributed by atoms with Crippen molar-refractivity contribution in [2.75, 3.05) is 9.80 Å².